The summed E-state index contributed by atoms with van der Waals surface area (Å²) in [5.74, 6) is 2.31. The third-order valence-corrected chi connectivity index (χ3v) is 6.20. The minimum atomic E-state index is 0.718. The van der Waals surface area contributed by atoms with E-state index in [-0.39, 0.29) is 0 Å². The number of hydrogen-bond donors (Lipinski definition) is 0. The highest BCUT2D eigenvalue weighted by atomic mass is 32.2. The second-order valence-corrected chi connectivity index (χ2v) is 7.98. The molecular formula is C20H15N5OS2. The third-order valence-electron chi connectivity index (χ3n) is 4.47. The number of thiophene rings is 1. The predicted molar refractivity (Wildman–Crippen MR) is 110 cm³/mol. The number of aromatic nitrogens is 5. The Kier molecular flexibility index (Phi) is 4.22. The van der Waals surface area contributed by atoms with Crippen molar-refractivity contribution in [3.63, 3.8) is 0 Å². The summed E-state index contributed by atoms with van der Waals surface area (Å²) in [4.78, 5) is 9.56. The minimum Gasteiger partial charge on any atom is -0.469 e. The summed E-state index contributed by atoms with van der Waals surface area (Å²) in [6.07, 6.45) is 1.66. The molecule has 0 radical (unpaired) electrons. The molecule has 0 fully saturated rings. The normalized spacial score (nSPS) is 11.4. The van der Waals surface area contributed by atoms with Crippen molar-refractivity contribution in [2.24, 2.45) is 7.05 Å². The van der Waals surface area contributed by atoms with Crippen LogP contribution < -0.4 is 0 Å². The second-order valence-electron chi connectivity index (χ2n) is 6.24. The van der Waals surface area contributed by atoms with Crippen molar-refractivity contribution in [1.29, 1.82) is 0 Å². The number of aryl methyl sites for hydroxylation is 1. The van der Waals surface area contributed by atoms with Gasteiger partial charge in [0.05, 0.1) is 17.3 Å². The summed E-state index contributed by atoms with van der Waals surface area (Å²) in [5.41, 5.74) is 2.87. The monoisotopic (exact) mass is 405 g/mol. The van der Waals surface area contributed by atoms with Gasteiger partial charge in [0.25, 0.3) is 0 Å². The van der Waals surface area contributed by atoms with Crippen LogP contribution in [0.15, 0.2) is 68.0 Å². The summed E-state index contributed by atoms with van der Waals surface area (Å²) in [7, 11) is 1.95. The van der Waals surface area contributed by atoms with Gasteiger partial charge in [-0.15, -0.1) is 10.2 Å². The number of furan rings is 1. The molecule has 0 aliphatic carbocycles. The fourth-order valence-electron chi connectivity index (χ4n) is 2.99. The van der Waals surface area contributed by atoms with E-state index in [1.807, 2.05) is 60.3 Å². The maximum absolute atomic E-state index is 5.41. The van der Waals surface area contributed by atoms with E-state index < -0.39 is 0 Å². The molecular weight excluding hydrogens is 390 g/mol. The lowest BCUT2D eigenvalue weighted by atomic mass is 10.2. The van der Waals surface area contributed by atoms with E-state index in [4.69, 9.17) is 14.4 Å². The standard InChI is InChI=1S/C20H15N5OS2/c1-12-14(7-9-26-12)18-23-24-20(25(18)2)28-19-15-5-3-4-6-16(15)21-17(22-19)13-8-10-27-11-13/h3-11H,1-2H3. The molecule has 28 heavy (non-hydrogen) atoms. The van der Waals surface area contributed by atoms with E-state index in [1.165, 1.54) is 11.8 Å². The van der Waals surface area contributed by atoms with Gasteiger partial charge in [0.1, 0.15) is 10.8 Å². The van der Waals surface area contributed by atoms with E-state index in [1.54, 1.807) is 17.6 Å². The molecule has 0 bridgehead atoms. The molecule has 0 spiro atoms. The lowest BCUT2D eigenvalue weighted by Gasteiger charge is -2.08. The van der Waals surface area contributed by atoms with Crippen LogP contribution in [0.1, 0.15) is 5.76 Å². The molecule has 0 unspecified atom stereocenters. The Bertz CT molecular complexity index is 1270. The van der Waals surface area contributed by atoms with Gasteiger partial charge in [-0.05, 0) is 42.3 Å². The van der Waals surface area contributed by atoms with Crippen LogP contribution in [0.4, 0.5) is 0 Å². The first-order valence-corrected chi connectivity index (χ1v) is 10.4. The number of fused-ring (bicyclic) bond motifs is 1. The Morgan fingerprint density at radius 3 is 2.75 bits per heavy atom. The summed E-state index contributed by atoms with van der Waals surface area (Å²) >= 11 is 3.12. The highest BCUT2D eigenvalue weighted by Gasteiger charge is 2.18. The van der Waals surface area contributed by atoms with Crippen LogP contribution in [0.2, 0.25) is 0 Å². The lowest BCUT2D eigenvalue weighted by molar-refractivity contribution is 0.534. The molecule has 0 amide bonds. The van der Waals surface area contributed by atoms with Crippen LogP contribution in [0.3, 0.4) is 0 Å². The lowest BCUT2D eigenvalue weighted by Crippen LogP contribution is -1.97. The number of rotatable bonds is 4. The van der Waals surface area contributed by atoms with E-state index in [9.17, 15) is 0 Å². The fourth-order valence-corrected chi connectivity index (χ4v) is 4.51. The molecule has 0 aliphatic rings. The molecule has 0 aliphatic heterocycles. The number of nitrogens with zero attached hydrogens (tertiary/aromatic N) is 5. The van der Waals surface area contributed by atoms with Crippen molar-refractivity contribution in [3.05, 3.63) is 59.2 Å². The van der Waals surface area contributed by atoms with Gasteiger partial charge in [-0.2, -0.15) is 11.3 Å². The highest BCUT2D eigenvalue weighted by molar-refractivity contribution is 7.99. The van der Waals surface area contributed by atoms with Gasteiger partial charge in [0.15, 0.2) is 16.8 Å². The van der Waals surface area contributed by atoms with Crippen LogP contribution >= 0.6 is 23.1 Å². The average Bonchev–Trinajstić information content (AvgIpc) is 3.45. The maximum atomic E-state index is 5.41. The Balaban J connectivity index is 1.61. The Morgan fingerprint density at radius 1 is 1.07 bits per heavy atom. The molecule has 138 valence electrons. The minimum absolute atomic E-state index is 0.718. The summed E-state index contributed by atoms with van der Waals surface area (Å²) in [6, 6.07) is 12.0. The van der Waals surface area contributed by atoms with Crippen LogP contribution in [0.25, 0.3) is 33.7 Å². The van der Waals surface area contributed by atoms with Gasteiger partial charge in [0, 0.05) is 23.4 Å². The fraction of sp³-hybridized carbons (Fsp3) is 0.100. The van der Waals surface area contributed by atoms with Gasteiger partial charge in [-0.3, -0.25) is 0 Å². The largest absolute Gasteiger partial charge is 0.469 e. The van der Waals surface area contributed by atoms with Crippen LogP contribution in [-0.4, -0.2) is 24.7 Å². The van der Waals surface area contributed by atoms with Crippen molar-refractivity contribution in [2.45, 2.75) is 17.1 Å². The Hall–Kier alpha value is -2.97. The van der Waals surface area contributed by atoms with Gasteiger partial charge >= 0.3 is 0 Å². The van der Waals surface area contributed by atoms with Crippen LogP contribution in [0.5, 0.6) is 0 Å². The molecule has 0 atom stereocenters. The summed E-state index contributed by atoms with van der Waals surface area (Å²) < 4.78 is 7.37. The summed E-state index contributed by atoms with van der Waals surface area (Å²) in [6.45, 7) is 1.92. The van der Waals surface area contributed by atoms with Crippen molar-refractivity contribution >= 4 is 34.0 Å². The molecule has 0 N–H and O–H groups in total. The first-order chi connectivity index (χ1) is 13.7. The molecule has 5 aromatic rings. The van der Waals surface area contributed by atoms with Gasteiger partial charge in [-0.1, -0.05) is 18.2 Å². The topological polar surface area (TPSA) is 69.6 Å². The van der Waals surface area contributed by atoms with Crippen LogP contribution in [-0.2, 0) is 7.05 Å². The van der Waals surface area contributed by atoms with E-state index >= 15 is 0 Å². The second kappa shape index (κ2) is 6.88. The predicted octanol–water partition coefficient (Wildman–Crippen LogP) is 5.21. The van der Waals surface area contributed by atoms with Gasteiger partial charge in [0.2, 0.25) is 0 Å². The Labute approximate surface area is 169 Å². The molecule has 5 rings (SSSR count). The van der Waals surface area contributed by atoms with Crippen LogP contribution in [0, 0.1) is 6.92 Å². The quantitative estimate of drug-likeness (QED) is 0.383. The zero-order chi connectivity index (χ0) is 19.1. The first-order valence-electron chi connectivity index (χ1n) is 8.62. The molecule has 1 aromatic carbocycles. The Morgan fingerprint density at radius 2 is 1.96 bits per heavy atom. The number of para-hydroxylation sites is 1. The van der Waals surface area contributed by atoms with Gasteiger partial charge in [-0.25, -0.2) is 9.97 Å². The van der Waals surface area contributed by atoms with Gasteiger partial charge < -0.3 is 8.98 Å². The molecule has 0 saturated heterocycles. The van der Waals surface area contributed by atoms with Crippen molar-refractivity contribution in [2.75, 3.05) is 0 Å². The highest BCUT2D eigenvalue weighted by Crippen LogP contribution is 2.34. The number of benzene rings is 1. The van der Waals surface area contributed by atoms with E-state index in [2.05, 4.69) is 15.6 Å². The SMILES string of the molecule is Cc1occc1-c1nnc(Sc2nc(-c3ccsc3)nc3ccccc23)n1C. The maximum Gasteiger partial charge on any atom is 0.197 e. The zero-order valence-corrected chi connectivity index (χ0v) is 16.8. The zero-order valence-electron chi connectivity index (χ0n) is 15.2. The van der Waals surface area contributed by atoms with Crippen molar-refractivity contribution < 1.29 is 4.42 Å². The summed E-state index contributed by atoms with van der Waals surface area (Å²) in [5, 5.41) is 15.4. The smallest absolute Gasteiger partial charge is 0.197 e. The molecule has 6 nitrogen and oxygen atoms in total. The molecule has 0 saturated carbocycles. The van der Waals surface area contributed by atoms with Crippen molar-refractivity contribution in [1.82, 2.24) is 24.7 Å². The van der Waals surface area contributed by atoms with E-state index in [0.717, 1.165) is 49.6 Å². The molecule has 8 heteroatoms. The number of hydrogen-bond acceptors (Lipinski definition) is 7. The van der Waals surface area contributed by atoms with E-state index in [0.29, 0.717) is 0 Å². The first kappa shape index (κ1) is 17.2. The molecule has 4 aromatic heterocycles. The third kappa shape index (κ3) is 2.90. The van der Waals surface area contributed by atoms with Crippen molar-refractivity contribution in [3.8, 4) is 22.8 Å². The average molecular weight is 406 g/mol. The molecule has 4 heterocycles.